The monoisotopic (exact) mass is 402 g/mol. The number of phenolic OH excluding ortho intramolecular Hbond substituents is 2. The number of aromatic hydroxyl groups is 2. The van der Waals surface area contributed by atoms with Crippen LogP contribution in [0.25, 0.3) is 17.2 Å². The second-order valence-electron chi connectivity index (χ2n) is 6.63. The van der Waals surface area contributed by atoms with Crippen LogP contribution in [0.5, 0.6) is 11.5 Å². The van der Waals surface area contributed by atoms with Gasteiger partial charge < -0.3 is 10.2 Å². The van der Waals surface area contributed by atoms with E-state index in [2.05, 4.69) is 13.2 Å². The molecule has 0 saturated heterocycles. The fourth-order valence-electron chi connectivity index (χ4n) is 3.09. The maximum Gasteiger partial charge on any atom is 0.186 e. The molecule has 0 aliphatic carbocycles. The lowest BCUT2D eigenvalue weighted by molar-refractivity contribution is 0.104. The molecule has 0 saturated carbocycles. The third kappa shape index (κ3) is 4.73. The molecule has 0 bridgehead atoms. The first kappa shape index (κ1) is 20.4. The first-order valence-corrected chi connectivity index (χ1v) is 10.1. The zero-order chi connectivity index (χ0) is 20.8. The van der Waals surface area contributed by atoms with Crippen molar-refractivity contribution in [3.63, 3.8) is 0 Å². The van der Waals surface area contributed by atoms with Gasteiger partial charge in [0.05, 0.1) is 0 Å². The van der Waals surface area contributed by atoms with E-state index in [0.717, 1.165) is 11.1 Å². The molecule has 0 aliphatic heterocycles. The van der Waals surface area contributed by atoms with Gasteiger partial charge in [0.15, 0.2) is 5.78 Å². The Morgan fingerprint density at radius 2 is 1.69 bits per heavy atom. The van der Waals surface area contributed by atoms with E-state index in [0.29, 0.717) is 35.1 Å². The van der Waals surface area contributed by atoms with Crippen LogP contribution < -0.4 is 0 Å². The van der Waals surface area contributed by atoms with Crippen molar-refractivity contribution in [2.75, 3.05) is 0 Å². The van der Waals surface area contributed by atoms with Crippen LogP contribution in [-0.2, 0) is 12.8 Å². The molecule has 0 amide bonds. The average molecular weight is 403 g/mol. The second kappa shape index (κ2) is 9.22. The Balaban J connectivity index is 2.08. The summed E-state index contributed by atoms with van der Waals surface area (Å²) >= 11 is 1.46. The Kier molecular flexibility index (Phi) is 6.47. The Morgan fingerprint density at radius 1 is 0.966 bits per heavy atom. The van der Waals surface area contributed by atoms with Gasteiger partial charge in [0.2, 0.25) is 0 Å². The smallest absolute Gasteiger partial charge is 0.186 e. The molecule has 0 fully saturated rings. The Bertz CT molecular complexity index is 1080. The van der Waals surface area contributed by atoms with Crippen molar-refractivity contribution in [1.82, 2.24) is 0 Å². The number of hydrogen-bond acceptors (Lipinski definition) is 4. The molecular weight excluding hydrogens is 380 g/mol. The molecule has 29 heavy (non-hydrogen) atoms. The number of rotatable bonds is 8. The third-order valence-electron chi connectivity index (χ3n) is 4.53. The van der Waals surface area contributed by atoms with Gasteiger partial charge in [-0.1, -0.05) is 18.2 Å². The van der Waals surface area contributed by atoms with Crippen LogP contribution in [-0.4, -0.2) is 16.0 Å². The molecule has 0 atom stereocenters. The largest absolute Gasteiger partial charge is 0.507 e. The van der Waals surface area contributed by atoms with Crippen molar-refractivity contribution in [3.8, 4) is 22.6 Å². The van der Waals surface area contributed by atoms with E-state index in [1.165, 1.54) is 17.4 Å². The summed E-state index contributed by atoms with van der Waals surface area (Å²) in [6.07, 6.45) is 7.87. The van der Waals surface area contributed by atoms with E-state index in [9.17, 15) is 15.0 Å². The minimum atomic E-state index is -0.128. The van der Waals surface area contributed by atoms with Crippen molar-refractivity contribution < 1.29 is 15.0 Å². The lowest BCUT2D eigenvalue weighted by atomic mass is 9.94. The van der Waals surface area contributed by atoms with Crippen LogP contribution in [0, 0.1) is 0 Å². The first-order chi connectivity index (χ1) is 14.0. The van der Waals surface area contributed by atoms with Gasteiger partial charge in [-0.25, -0.2) is 0 Å². The molecule has 0 aliphatic rings. The van der Waals surface area contributed by atoms with Gasteiger partial charge in [-0.2, -0.15) is 11.3 Å². The van der Waals surface area contributed by atoms with Crippen molar-refractivity contribution in [2.24, 2.45) is 0 Å². The summed E-state index contributed by atoms with van der Waals surface area (Å²) in [7, 11) is 0. The van der Waals surface area contributed by atoms with E-state index in [1.54, 1.807) is 35.7 Å². The predicted molar refractivity (Wildman–Crippen MR) is 121 cm³/mol. The fourth-order valence-corrected chi connectivity index (χ4v) is 3.74. The summed E-state index contributed by atoms with van der Waals surface area (Å²) in [5, 5.41) is 24.9. The van der Waals surface area contributed by atoms with Crippen molar-refractivity contribution in [1.29, 1.82) is 0 Å². The molecule has 2 N–H and O–H groups in total. The molecule has 0 unspecified atom stereocenters. The molecule has 0 radical (unpaired) electrons. The van der Waals surface area contributed by atoms with Crippen LogP contribution in [0.15, 0.2) is 78.5 Å². The predicted octanol–water partition coefficient (Wildman–Crippen LogP) is 6.18. The van der Waals surface area contributed by atoms with Crippen LogP contribution in [0.1, 0.15) is 27.0 Å². The van der Waals surface area contributed by atoms with E-state index in [-0.39, 0.29) is 17.3 Å². The highest BCUT2D eigenvalue weighted by molar-refractivity contribution is 7.08. The number of carbonyl (C=O) groups is 1. The van der Waals surface area contributed by atoms with Crippen LogP contribution in [0.3, 0.4) is 0 Å². The van der Waals surface area contributed by atoms with Gasteiger partial charge in [0.25, 0.3) is 0 Å². The first-order valence-electron chi connectivity index (χ1n) is 9.18. The Labute approximate surface area is 174 Å². The van der Waals surface area contributed by atoms with Gasteiger partial charge in [0.1, 0.15) is 11.5 Å². The fraction of sp³-hybridized carbons (Fsp3) is 0.0800. The molecular formula is C25H22O3S. The molecule has 0 spiro atoms. The highest BCUT2D eigenvalue weighted by Crippen LogP contribution is 2.39. The van der Waals surface area contributed by atoms with Gasteiger partial charge in [-0.3, -0.25) is 4.79 Å². The number of carbonyl (C=O) groups excluding carboxylic acids is 1. The number of ketones is 1. The van der Waals surface area contributed by atoms with Crippen LogP contribution in [0.2, 0.25) is 0 Å². The Morgan fingerprint density at radius 3 is 2.38 bits per heavy atom. The SMILES string of the molecule is C=CCc1ccc(O)c(-c2cc(CC=C)cc(C=CC(=O)c3ccsc3)c2O)c1. The zero-order valence-electron chi connectivity index (χ0n) is 16.0. The minimum absolute atomic E-state index is 0.0123. The molecule has 3 rings (SSSR count). The highest BCUT2D eigenvalue weighted by Gasteiger charge is 2.14. The summed E-state index contributed by atoms with van der Waals surface area (Å²) in [6, 6.07) is 10.7. The lowest BCUT2D eigenvalue weighted by Gasteiger charge is -2.13. The molecule has 4 heteroatoms. The molecule has 2 aromatic carbocycles. The maximum absolute atomic E-state index is 12.3. The van der Waals surface area contributed by atoms with Crippen LogP contribution in [0.4, 0.5) is 0 Å². The summed E-state index contributed by atoms with van der Waals surface area (Å²) in [5.41, 5.74) is 4.07. The quantitative estimate of drug-likeness (QED) is 0.269. The molecule has 1 heterocycles. The van der Waals surface area contributed by atoms with E-state index < -0.39 is 0 Å². The number of allylic oxidation sites excluding steroid dienone is 3. The van der Waals surface area contributed by atoms with Gasteiger partial charge in [-0.15, -0.1) is 13.2 Å². The highest BCUT2D eigenvalue weighted by atomic mass is 32.1. The number of benzene rings is 2. The van der Waals surface area contributed by atoms with Crippen molar-refractivity contribution >= 4 is 23.2 Å². The summed E-state index contributed by atoms with van der Waals surface area (Å²) in [4.78, 5) is 12.3. The van der Waals surface area contributed by atoms with Crippen molar-refractivity contribution in [2.45, 2.75) is 12.8 Å². The van der Waals surface area contributed by atoms with E-state index in [4.69, 9.17) is 0 Å². The van der Waals surface area contributed by atoms with Crippen molar-refractivity contribution in [3.05, 3.63) is 101 Å². The molecule has 146 valence electrons. The molecule has 3 aromatic rings. The van der Waals surface area contributed by atoms with E-state index in [1.807, 2.05) is 29.6 Å². The zero-order valence-corrected chi connectivity index (χ0v) is 16.8. The lowest BCUT2D eigenvalue weighted by Crippen LogP contribution is -1.93. The minimum Gasteiger partial charge on any atom is -0.507 e. The van der Waals surface area contributed by atoms with Gasteiger partial charge in [0, 0.05) is 27.6 Å². The summed E-state index contributed by atoms with van der Waals surface area (Å²) < 4.78 is 0. The molecule has 3 nitrogen and oxygen atoms in total. The topological polar surface area (TPSA) is 57.5 Å². The van der Waals surface area contributed by atoms with Gasteiger partial charge >= 0.3 is 0 Å². The normalized spacial score (nSPS) is 10.9. The number of hydrogen-bond donors (Lipinski definition) is 2. The van der Waals surface area contributed by atoms with Gasteiger partial charge in [-0.05, 0) is 71.8 Å². The standard InChI is InChI=1S/C25H22O3S/c1-3-5-17-7-9-24(27)21(14-17)22-15-18(6-4-2)13-19(25(22)28)8-10-23(26)20-11-12-29-16-20/h3-4,7-16,27-28H,1-2,5-6H2. The Hall–Kier alpha value is -3.37. The number of phenols is 2. The van der Waals surface area contributed by atoms with E-state index >= 15 is 0 Å². The summed E-state index contributed by atoms with van der Waals surface area (Å²) in [5.74, 6) is -0.0384. The van der Waals surface area contributed by atoms with Crippen LogP contribution >= 0.6 is 11.3 Å². The second-order valence-corrected chi connectivity index (χ2v) is 7.41. The average Bonchev–Trinajstić information content (AvgIpc) is 3.25. The molecule has 1 aromatic heterocycles. The maximum atomic E-state index is 12.3. The number of thiophene rings is 1. The summed E-state index contributed by atoms with van der Waals surface area (Å²) in [6.45, 7) is 7.53. The third-order valence-corrected chi connectivity index (χ3v) is 5.21.